The summed E-state index contributed by atoms with van der Waals surface area (Å²) < 4.78 is 105. The topological polar surface area (TPSA) is 57.7 Å². The third kappa shape index (κ3) is 4.29. The summed E-state index contributed by atoms with van der Waals surface area (Å²) in [4.78, 5) is 12.7. The first kappa shape index (κ1) is 22.1. The van der Waals surface area contributed by atoms with Gasteiger partial charge in [0.2, 0.25) is 10.0 Å². The smallest absolute Gasteiger partial charge is 0.336 e. The molecule has 12 heteroatoms. The van der Waals surface area contributed by atoms with Crippen LogP contribution in [0.1, 0.15) is 15.9 Å². The van der Waals surface area contributed by atoms with Crippen LogP contribution in [0.15, 0.2) is 41.3 Å². The van der Waals surface area contributed by atoms with Crippen LogP contribution < -0.4 is 0 Å². The van der Waals surface area contributed by atoms with Crippen molar-refractivity contribution in [2.45, 2.75) is 11.1 Å². The lowest BCUT2D eigenvalue weighted by Gasteiger charge is -2.34. The highest BCUT2D eigenvalue weighted by Gasteiger charge is 2.36. The van der Waals surface area contributed by atoms with Crippen LogP contribution in [0.5, 0.6) is 0 Å². The lowest BCUT2D eigenvalue weighted by molar-refractivity contribution is -0.140. The van der Waals surface area contributed by atoms with Crippen molar-refractivity contribution in [3.63, 3.8) is 0 Å². The summed E-state index contributed by atoms with van der Waals surface area (Å²) in [5.41, 5.74) is -1.99. The van der Waals surface area contributed by atoms with Crippen LogP contribution in [-0.2, 0) is 16.2 Å². The summed E-state index contributed by atoms with van der Waals surface area (Å²) in [6, 6.07) is 3.81. The van der Waals surface area contributed by atoms with E-state index in [0.29, 0.717) is 24.3 Å². The van der Waals surface area contributed by atoms with Crippen LogP contribution in [0, 0.1) is 17.5 Å². The monoisotopic (exact) mass is 452 g/mol. The van der Waals surface area contributed by atoms with E-state index < -0.39 is 55.6 Å². The van der Waals surface area contributed by atoms with Crippen LogP contribution in [0.2, 0.25) is 0 Å². The molecule has 1 heterocycles. The fourth-order valence-electron chi connectivity index (χ4n) is 3.00. The van der Waals surface area contributed by atoms with Gasteiger partial charge in [0.05, 0.1) is 5.56 Å². The van der Waals surface area contributed by atoms with Gasteiger partial charge in [0.1, 0.15) is 22.3 Å². The van der Waals surface area contributed by atoms with Gasteiger partial charge in [-0.15, -0.1) is 0 Å². The van der Waals surface area contributed by atoms with Crippen LogP contribution in [0.25, 0.3) is 0 Å². The Morgan fingerprint density at radius 2 is 1.47 bits per heavy atom. The fraction of sp³-hybridized carbons (Fsp3) is 0.278. The van der Waals surface area contributed by atoms with Gasteiger partial charge in [-0.1, -0.05) is 0 Å². The molecule has 2 aromatic carbocycles. The summed E-state index contributed by atoms with van der Waals surface area (Å²) in [7, 11) is -4.38. The summed E-state index contributed by atoms with van der Waals surface area (Å²) in [5.74, 6) is -4.44. The zero-order valence-electron chi connectivity index (χ0n) is 15.1. The molecule has 1 fully saturated rings. The van der Waals surface area contributed by atoms with Crippen molar-refractivity contribution >= 4 is 15.9 Å². The third-order valence-corrected chi connectivity index (χ3v) is 6.47. The maximum Gasteiger partial charge on any atom is 0.419 e. The predicted molar refractivity (Wildman–Crippen MR) is 92.4 cm³/mol. The standard InChI is InChI=1S/C18H14F6N2O3S/c19-12-2-4-15(21)16(10-12)30(28,29)26-7-5-25(6-8-26)17(27)11-1-3-14(20)13(9-11)18(22,23)24/h1-4,9-10H,5-8H2. The van der Waals surface area contributed by atoms with Crippen molar-refractivity contribution in [2.75, 3.05) is 26.2 Å². The highest BCUT2D eigenvalue weighted by atomic mass is 32.2. The van der Waals surface area contributed by atoms with Gasteiger partial charge in [0.25, 0.3) is 5.91 Å². The van der Waals surface area contributed by atoms with Crippen molar-refractivity contribution in [3.8, 4) is 0 Å². The van der Waals surface area contributed by atoms with E-state index in [1.54, 1.807) is 0 Å². The lowest BCUT2D eigenvalue weighted by Crippen LogP contribution is -2.50. The molecular formula is C18H14F6N2O3S. The third-order valence-electron chi connectivity index (χ3n) is 4.56. The number of carbonyl (C=O) groups excluding carboxylic acids is 1. The van der Waals surface area contributed by atoms with E-state index in [9.17, 15) is 39.6 Å². The Balaban J connectivity index is 1.76. The van der Waals surface area contributed by atoms with E-state index in [-0.39, 0.29) is 26.2 Å². The fourth-order valence-corrected chi connectivity index (χ4v) is 4.50. The lowest BCUT2D eigenvalue weighted by atomic mass is 10.1. The van der Waals surface area contributed by atoms with Crippen molar-refractivity contribution in [1.82, 2.24) is 9.21 Å². The molecule has 0 aliphatic carbocycles. The van der Waals surface area contributed by atoms with E-state index in [0.717, 1.165) is 21.3 Å². The molecule has 0 atom stereocenters. The number of hydrogen-bond acceptors (Lipinski definition) is 3. The second-order valence-corrected chi connectivity index (χ2v) is 8.37. The van der Waals surface area contributed by atoms with E-state index >= 15 is 0 Å². The van der Waals surface area contributed by atoms with Crippen LogP contribution in [0.3, 0.4) is 0 Å². The second kappa shape index (κ2) is 7.91. The average Bonchev–Trinajstić information content (AvgIpc) is 2.68. The number of alkyl halides is 3. The largest absolute Gasteiger partial charge is 0.419 e. The summed E-state index contributed by atoms with van der Waals surface area (Å²) >= 11 is 0. The van der Waals surface area contributed by atoms with Gasteiger partial charge in [0, 0.05) is 31.7 Å². The average molecular weight is 452 g/mol. The number of halogens is 6. The molecule has 0 saturated carbocycles. The molecule has 3 rings (SSSR count). The van der Waals surface area contributed by atoms with Crippen molar-refractivity contribution in [3.05, 3.63) is 65.0 Å². The van der Waals surface area contributed by atoms with Crippen molar-refractivity contribution in [2.24, 2.45) is 0 Å². The SMILES string of the molecule is O=C(c1ccc(F)c(C(F)(F)F)c1)N1CCN(S(=O)(=O)c2cc(F)ccc2F)CC1. The van der Waals surface area contributed by atoms with Gasteiger partial charge >= 0.3 is 6.18 Å². The molecule has 1 aliphatic rings. The van der Waals surface area contributed by atoms with Gasteiger partial charge in [-0.05, 0) is 36.4 Å². The van der Waals surface area contributed by atoms with Gasteiger partial charge in [0.15, 0.2) is 0 Å². The number of amides is 1. The highest BCUT2D eigenvalue weighted by molar-refractivity contribution is 7.89. The first-order chi connectivity index (χ1) is 13.9. The highest BCUT2D eigenvalue weighted by Crippen LogP contribution is 2.32. The van der Waals surface area contributed by atoms with Crippen molar-refractivity contribution in [1.29, 1.82) is 0 Å². The molecule has 30 heavy (non-hydrogen) atoms. The molecule has 0 N–H and O–H groups in total. The van der Waals surface area contributed by atoms with E-state index in [2.05, 4.69) is 0 Å². The number of sulfonamides is 1. The second-order valence-electron chi connectivity index (χ2n) is 6.46. The molecule has 1 saturated heterocycles. The number of carbonyl (C=O) groups is 1. The normalized spacial score (nSPS) is 16.0. The van der Waals surface area contributed by atoms with E-state index in [1.165, 1.54) is 0 Å². The maximum atomic E-state index is 13.9. The van der Waals surface area contributed by atoms with E-state index in [1.807, 2.05) is 0 Å². The van der Waals surface area contributed by atoms with Gasteiger partial charge in [-0.3, -0.25) is 4.79 Å². The number of piperazine rings is 1. The Kier molecular flexibility index (Phi) is 5.83. The Labute approximate surface area is 167 Å². The summed E-state index contributed by atoms with van der Waals surface area (Å²) in [6.45, 7) is -0.962. The first-order valence-electron chi connectivity index (χ1n) is 8.52. The number of hydrogen-bond donors (Lipinski definition) is 0. The van der Waals surface area contributed by atoms with Crippen LogP contribution in [-0.4, -0.2) is 49.7 Å². The van der Waals surface area contributed by atoms with E-state index in [4.69, 9.17) is 0 Å². The summed E-state index contributed by atoms with van der Waals surface area (Å²) in [5, 5.41) is 0. The van der Waals surface area contributed by atoms with Gasteiger partial charge in [-0.25, -0.2) is 21.6 Å². The molecule has 0 aromatic heterocycles. The molecule has 0 spiro atoms. The number of rotatable bonds is 3. The zero-order valence-corrected chi connectivity index (χ0v) is 15.9. The van der Waals surface area contributed by atoms with Crippen LogP contribution >= 0.6 is 0 Å². The first-order valence-corrected chi connectivity index (χ1v) is 9.96. The van der Waals surface area contributed by atoms with Gasteiger partial charge in [-0.2, -0.15) is 17.5 Å². The molecule has 5 nitrogen and oxygen atoms in total. The zero-order chi connectivity index (χ0) is 22.3. The Morgan fingerprint density at radius 3 is 2.07 bits per heavy atom. The predicted octanol–water partition coefficient (Wildman–Crippen LogP) is 3.27. The Morgan fingerprint density at radius 1 is 0.867 bits per heavy atom. The Bertz CT molecular complexity index is 1080. The quantitative estimate of drug-likeness (QED) is 0.672. The molecule has 2 aromatic rings. The minimum atomic E-state index is -4.98. The maximum absolute atomic E-state index is 13.9. The molecule has 1 aliphatic heterocycles. The molecule has 0 bridgehead atoms. The number of benzene rings is 2. The molecular weight excluding hydrogens is 438 g/mol. The molecule has 162 valence electrons. The molecule has 0 radical (unpaired) electrons. The number of nitrogens with zero attached hydrogens (tertiary/aromatic N) is 2. The van der Waals surface area contributed by atoms with Crippen LogP contribution in [0.4, 0.5) is 26.3 Å². The Hall–Kier alpha value is -2.60. The minimum Gasteiger partial charge on any atom is -0.336 e. The molecule has 1 amide bonds. The minimum absolute atomic E-state index is 0.201. The molecule has 0 unspecified atom stereocenters. The summed E-state index contributed by atoms with van der Waals surface area (Å²) in [6.07, 6.45) is -4.98. The van der Waals surface area contributed by atoms with Gasteiger partial charge < -0.3 is 4.90 Å². The van der Waals surface area contributed by atoms with Crippen molar-refractivity contribution < 1.29 is 39.6 Å².